The molecular weight excluding hydrogens is 258 g/mol. The third-order valence-corrected chi connectivity index (χ3v) is 2.86. The van der Waals surface area contributed by atoms with Crippen LogP contribution in [0, 0.1) is 0 Å². The number of aromatic amines is 1. The fourth-order valence-electron chi connectivity index (χ4n) is 1.85. The third-order valence-electron chi connectivity index (χ3n) is 2.86. The molecule has 0 fully saturated rings. The highest BCUT2D eigenvalue weighted by atomic mass is 16.5. The van der Waals surface area contributed by atoms with E-state index in [2.05, 4.69) is 19.9 Å². The number of nitrogens with one attached hydrogen (secondary N) is 1. The average molecular weight is 271 g/mol. The van der Waals surface area contributed by atoms with Crippen molar-refractivity contribution < 1.29 is 9.47 Å². The first-order chi connectivity index (χ1) is 9.81. The van der Waals surface area contributed by atoms with Gasteiger partial charge in [0.15, 0.2) is 17.1 Å². The zero-order valence-electron chi connectivity index (χ0n) is 10.8. The molecule has 3 N–H and O–H groups in total. The molecule has 0 amide bonds. The van der Waals surface area contributed by atoms with Gasteiger partial charge in [-0.1, -0.05) is 6.07 Å². The first-order valence-corrected chi connectivity index (χ1v) is 6.00. The minimum absolute atomic E-state index is 0.395. The Balaban J connectivity index is 2.00. The highest BCUT2D eigenvalue weighted by Crippen LogP contribution is 2.33. The van der Waals surface area contributed by atoms with Gasteiger partial charge < -0.3 is 20.2 Å². The molecule has 102 valence electrons. The first kappa shape index (κ1) is 12.4. The summed E-state index contributed by atoms with van der Waals surface area (Å²) in [4.78, 5) is 15.1. The molecule has 0 aliphatic heterocycles. The van der Waals surface area contributed by atoms with Gasteiger partial charge in [-0.15, -0.1) is 0 Å². The molecular formula is C13H13N5O2. The van der Waals surface area contributed by atoms with E-state index in [4.69, 9.17) is 15.2 Å². The van der Waals surface area contributed by atoms with E-state index in [1.54, 1.807) is 19.5 Å². The van der Waals surface area contributed by atoms with Crippen molar-refractivity contribution in [2.45, 2.75) is 6.54 Å². The molecule has 20 heavy (non-hydrogen) atoms. The van der Waals surface area contributed by atoms with Crippen LogP contribution in [0.2, 0.25) is 0 Å². The summed E-state index contributed by atoms with van der Waals surface area (Å²) in [5.41, 5.74) is 7.75. The van der Waals surface area contributed by atoms with E-state index in [0.29, 0.717) is 35.1 Å². The number of nitrogens with zero attached hydrogens (tertiary/aromatic N) is 3. The normalized spacial score (nSPS) is 10.7. The van der Waals surface area contributed by atoms with Crippen molar-refractivity contribution in [3.05, 3.63) is 36.4 Å². The van der Waals surface area contributed by atoms with Gasteiger partial charge in [-0.2, -0.15) is 4.98 Å². The molecule has 1 aromatic carbocycles. The van der Waals surface area contributed by atoms with Crippen LogP contribution >= 0.6 is 0 Å². The maximum Gasteiger partial charge on any atom is 0.248 e. The van der Waals surface area contributed by atoms with Gasteiger partial charge in [-0.05, 0) is 17.7 Å². The summed E-state index contributed by atoms with van der Waals surface area (Å²) in [5.74, 6) is 1.55. The molecule has 0 radical (unpaired) electrons. The summed E-state index contributed by atoms with van der Waals surface area (Å²) in [6, 6.07) is 5.51. The SMILES string of the molecule is COc1cc(CN)ccc1Oc1ncnc2nc[nH]c12. The number of hydrogen-bond acceptors (Lipinski definition) is 6. The van der Waals surface area contributed by atoms with E-state index in [1.807, 2.05) is 12.1 Å². The quantitative estimate of drug-likeness (QED) is 0.748. The number of methoxy groups -OCH3 is 1. The zero-order chi connectivity index (χ0) is 13.9. The lowest BCUT2D eigenvalue weighted by Crippen LogP contribution is -1.98. The molecule has 0 saturated heterocycles. The van der Waals surface area contributed by atoms with Crippen LogP contribution in [0.5, 0.6) is 17.4 Å². The van der Waals surface area contributed by atoms with Crippen molar-refractivity contribution in [1.29, 1.82) is 0 Å². The Hall–Kier alpha value is -2.67. The predicted octanol–water partition coefficient (Wildman–Crippen LogP) is 1.61. The predicted molar refractivity (Wildman–Crippen MR) is 72.6 cm³/mol. The van der Waals surface area contributed by atoms with Crippen LogP contribution in [-0.2, 0) is 6.54 Å². The second-order valence-corrected chi connectivity index (χ2v) is 4.07. The Bertz CT molecular complexity index is 740. The maximum absolute atomic E-state index is 5.78. The minimum atomic E-state index is 0.395. The van der Waals surface area contributed by atoms with E-state index in [9.17, 15) is 0 Å². The molecule has 7 heteroatoms. The smallest absolute Gasteiger partial charge is 0.248 e. The first-order valence-electron chi connectivity index (χ1n) is 6.00. The molecule has 0 bridgehead atoms. The second-order valence-electron chi connectivity index (χ2n) is 4.07. The Morgan fingerprint density at radius 3 is 2.90 bits per heavy atom. The van der Waals surface area contributed by atoms with Crippen LogP contribution in [0.25, 0.3) is 11.2 Å². The van der Waals surface area contributed by atoms with Crippen LogP contribution in [-0.4, -0.2) is 27.0 Å². The lowest BCUT2D eigenvalue weighted by molar-refractivity contribution is 0.375. The molecule has 0 atom stereocenters. The van der Waals surface area contributed by atoms with Gasteiger partial charge in [0.25, 0.3) is 0 Å². The molecule has 0 saturated carbocycles. The standard InChI is InChI=1S/C13H13N5O2/c1-19-10-4-8(5-14)2-3-9(10)20-13-11-12(16-6-15-11)17-7-18-13/h2-4,6-7H,5,14H2,1H3,(H,15,16,17,18). The number of benzene rings is 1. The number of H-pyrrole nitrogens is 1. The largest absolute Gasteiger partial charge is 0.493 e. The maximum atomic E-state index is 5.78. The van der Waals surface area contributed by atoms with Crippen molar-refractivity contribution >= 4 is 11.2 Å². The fraction of sp³-hybridized carbons (Fsp3) is 0.154. The number of rotatable bonds is 4. The molecule has 2 heterocycles. The van der Waals surface area contributed by atoms with Gasteiger partial charge in [0.2, 0.25) is 5.88 Å². The molecule has 0 aliphatic rings. The molecule has 2 aromatic heterocycles. The molecule has 0 spiro atoms. The van der Waals surface area contributed by atoms with Gasteiger partial charge in [-0.3, -0.25) is 0 Å². The molecule has 3 aromatic rings. The summed E-state index contributed by atoms with van der Waals surface area (Å²) in [7, 11) is 1.58. The van der Waals surface area contributed by atoms with Gasteiger partial charge in [0, 0.05) is 6.54 Å². The van der Waals surface area contributed by atoms with Gasteiger partial charge in [-0.25, -0.2) is 9.97 Å². The van der Waals surface area contributed by atoms with Crippen molar-refractivity contribution in [3.8, 4) is 17.4 Å². The fourth-order valence-corrected chi connectivity index (χ4v) is 1.85. The lowest BCUT2D eigenvalue weighted by atomic mass is 10.2. The molecule has 7 nitrogen and oxygen atoms in total. The number of imidazole rings is 1. The monoisotopic (exact) mass is 271 g/mol. The number of hydrogen-bond donors (Lipinski definition) is 2. The topological polar surface area (TPSA) is 98.9 Å². The Morgan fingerprint density at radius 1 is 1.20 bits per heavy atom. The molecule has 3 rings (SSSR count). The van der Waals surface area contributed by atoms with Gasteiger partial charge in [0.1, 0.15) is 11.8 Å². The van der Waals surface area contributed by atoms with Crippen LogP contribution in [0.1, 0.15) is 5.56 Å². The number of nitrogens with two attached hydrogens (primary N) is 1. The van der Waals surface area contributed by atoms with E-state index >= 15 is 0 Å². The highest BCUT2D eigenvalue weighted by molar-refractivity contribution is 5.75. The molecule has 0 aliphatic carbocycles. The van der Waals surface area contributed by atoms with Gasteiger partial charge >= 0.3 is 0 Å². The van der Waals surface area contributed by atoms with E-state index in [1.165, 1.54) is 6.33 Å². The Kier molecular flexibility index (Phi) is 3.18. The van der Waals surface area contributed by atoms with Crippen molar-refractivity contribution in [2.24, 2.45) is 5.73 Å². The number of fused-ring (bicyclic) bond motifs is 1. The zero-order valence-corrected chi connectivity index (χ0v) is 10.8. The second kappa shape index (κ2) is 5.14. The van der Waals surface area contributed by atoms with Crippen LogP contribution in [0.3, 0.4) is 0 Å². The Labute approximate surface area is 114 Å². The lowest BCUT2D eigenvalue weighted by Gasteiger charge is -2.10. The van der Waals surface area contributed by atoms with Crippen molar-refractivity contribution in [2.75, 3.05) is 7.11 Å². The Morgan fingerprint density at radius 2 is 2.10 bits per heavy atom. The van der Waals surface area contributed by atoms with Crippen molar-refractivity contribution in [3.63, 3.8) is 0 Å². The minimum Gasteiger partial charge on any atom is -0.493 e. The van der Waals surface area contributed by atoms with Crippen LogP contribution in [0.15, 0.2) is 30.9 Å². The van der Waals surface area contributed by atoms with Crippen LogP contribution < -0.4 is 15.2 Å². The number of aromatic nitrogens is 4. The summed E-state index contributed by atoms with van der Waals surface area (Å²) in [5, 5.41) is 0. The highest BCUT2D eigenvalue weighted by Gasteiger charge is 2.11. The van der Waals surface area contributed by atoms with Gasteiger partial charge in [0.05, 0.1) is 13.4 Å². The molecule has 0 unspecified atom stereocenters. The number of ether oxygens (including phenoxy) is 2. The van der Waals surface area contributed by atoms with E-state index in [0.717, 1.165) is 5.56 Å². The summed E-state index contributed by atoms with van der Waals surface area (Å²) in [6.07, 6.45) is 2.94. The van der Waals surface area contributed by atoms with E-state index < -0.39 is 0 Å². The summed E-state index contributed by atoms with van der Waals surface area (Å²) < 4.78 is 11.1. The summed E-state index contributed by atoms with van der Waals surface area (Å²) in [6.45, 7) is 0.439. The van der Waals surface area contributed by atoms with E-state index in [-0.39, 0.29) is 0 Å². The third kappa shape index (κ3) is 2.14. The average Bonchev–Trinajstić information content (AvgIpc) is 2.97. The van der Waals surface area contributed by atoms with Crippen molar-refractivity contribution in [1.82, 2.24) is 19.9 Å². The summed E-state index contributed by atoms with van der Waals surface area (Å²) >= 11 is 0. The van der Waals surface area contributed by atoms with Crippen LogP contribution in [0.4, 0.5) is 0 Å².